The predicted octanol–water partition coefficient (Wildman–Crippen LogP) is 2.48. The van der Waals surface area contributed by atoms with Crippen LogP contribution in [0, 0.1) is 0 Å². The van der Waals surface area contributed by atoms with Crippen LogP contribution in [0.2, 0.25) is 0 Å². The number of hydrogen-bond acceptors (Lipinski definition) is 3. The van der Waals surface area contributed by atoms with Gasteiger partial charge >= 0.3 is 0 Å². The van der Waals surface area contributed by atoms with Crippen molar-refractivity contribution in [2.45, 2.75) is 43.4 Å². The number of nitrogens with two attached hydrogens (primary N) is 1. The number of hydrogen-bond donors (Lipinski definition) is 2. The van der Waals surface area contributed by atoms with Gasteiger partial charge in [-0.05, 0) is 43.4 Å². The van der Waals surface area contributed by atoms with E-state index in [1.165, 1.54) is 5.56 Å². The molecular weight excluding hydrogens is 356 g/mol. The number of benzene rings is 1. The Morgan fingerprint density at radius 1 is 1.33 bits per heavy atom. The number of carbonyl (C=O) groups is 1. The highest BCUT2D eigenvalue weighted by Crippen LogP contribution is 2.46. The van der Waals surface area contributed by atoms with Crippen LogP contribution in [0.1, 0.15) is 31.2 Å². The molecule has 6 heteroatoms. The van der Waals surface area contributed by atoms with Gasteiger partial charge in [-0.1, -0.05) is 28.1 Å². The van der Waals surface area contributed by atoms with Crippen LogP contribution in [0.5, 0.6) is 0 Å². The van der Waals surface area contributed by atoms with Crippen molar-refractivity contribution in [3.05, 3.63) is 34.3 Å². The summed E-state index contributed by atoms with van der Waals surface area (Å²) in [5.41, 5.74) is 6.57. The number of carbonyl (C=O) groups excluding carboxylic acids is 1. The molecule has 3 N–H and O–H groups in total. The van der Waals surface area contributed by atoms with Crippen LogP contribution in [-0.4, -0.2) is 24.7 Å². The molecule has 0 unspecified atom stereocenters. The first-order valence-electron chi connectivity index (χ1n) is 7.06. The molecule has 1 amide bonds. The third kappa shape index (κ3) is 3.59. The highest BCUT2D eigenvalue weighted by Gasteiger charge is 2.47. The van der Waals surface area contributed by atoms with Gasteiger partial charge in [0.1, 0.15) is 6.10 Å². The molecule has 1 aliphatic carbocycles. The Balaban J connectivity index is 0.00000161. The molecule has 1 saturated carbocycles. The number of nitrogens with one attached hydrogen (secondary N) is 1. The van der Waals surface area contributed by atoms with Gasteiger partial charge in [-0.25, -0.2) is 0 Å². The van der Waals surface area contributed by atoms with Crippen LogP contribution in [0.15, 0.2) is 28.7 Å². The zero-order valence-electron chi connectivity index (χ0n) is 11.7. The lowest BCUT2D eigenvalue weighted by Crippen LogP contribution is -2.41. The zero-order chi connectivity index (χ0) is 14.2. The van der Waals surface area contributed by atoms with E-state index in [9.17, 15) is 4.79 Å². The van der Waals surface area contributed by atoms with E-state index < -0.39 is 0 Å². The number of ether oxygens (including phenoxy) is 1. The summed E-state index contributed by atoms with van der Waals surface area (Å²) in [6.45, 7) is 0.488. The van der Waals surface area contributed by atoms with Gasteiger partial charge in [-0.15, -0.1) is 12.4 Å². The first-order chi connectivity index (χ1) is 9.63. The smallest absolute Gasteiger partial charge is 0.249 e. The van der Waals surface area contributed by atoms with Crippen molar-refractivity contribution in [3.63, 3.8) is 0 Å². The van der Waals surface area contributed by atoms with E-state index in [2.05, 4.69) is 33.4 Å². The van der Waals surface area contributed by atoms with Gasteiger partial charge in [-0.2, -0.15) is 0 Å². The molecule has 2 aliphatic rings. The van der Waals surface area contributed by atoms with Gasteiger partial charge in [0.25, 0.3) is 0 Å². The number of amides is 1. The molecule has 1 saturated heterocycles. The summed E-state index contributed by atoms with van der Waals surface area (Å²) in [4.78, 5) is 12.3. The molecule has 0 aromatic heterocycles. The highest BCUT2D eigenvalue weighted by atomic mass is 79.9. The second-order valence-corrected chi connectivity index (χ2v) is 6.55. The van der Waals surface area contributed by atoms with Crippen molar-refractivity contribution < 1.29 is 9.53 Å². The number of halogens is 2. The van der Waals surface area contributed by atoms with Gasteiger partial charge in [0, 0.05) is 11.0 Å². The summed E-state index contributed by atoms with van der Waals surface area (Å²) in [6, 6.07) is 8.15. The van der Waals surface area contributed by atoms with Crippen molar-refractivity contribution in [3.8, 4) is 0 Å². The quantitative estimate of drug-likeness (QED) is 0.850. The van der Waals surface area contributed by atoms with E-state index >= 15 is 0 Å². The Bertz CT molecular complexity index is 505. The zero-order valence-corrected chi connectivity index (χ0v) is 14.1. The van der Waals surface area contributed by atoms with Crippen LogP contribution in [0.25, 0.3) is 0 Å². The van der Waals surface area contributed by atoms with Gasteiger partial charge in [0.2, 0.25) is 5.91 Å². The maximum atomic E-state index is 12.3. The fraction of sp³-hybridized carbons (Fsp3) is 0.533. The van der Waals surface area contributed by atoms with E-state index in [1.54, 1.807) is 0 Å². The molecule has 2 atom stereocenters. The second-order valence-electron chi connectivity index (χ2n) is 5.64. The SMILES string of the molecule is Cl.NC[C@H]1CC[C@@H](C(=O)NC2(c3ccc(Br)cc3)CC2)O1. The molecule has 4 nitrogen and oxygen atoms in total. The van der Waals surface area contributed by atoms with Crippen molar-refractivity contribution in [2.75, 3.05) is 6.54 Å². The van der Waals surface area contributed by atoms with Crippen molar-refractivity contribution in [1.82, 2.24) is 5.32 Å². The normalized spacial score (nSPS) is 26.0. The van der Waals surface area contributed by atoms with Crippen LogP contribution in [0.4, 0.5) is 0 Å². The van der Waals surface area contributed by atoms with Crippen molar-refractivity contribution >= 4 is 34.2 Å². The minimum atomic E-state index is -0.337. The molecule has 1 aromatic carbocycles. The summed E-state index contributed by atoms with van der Waals surface area (Å²) in [6.07, 6.45) is 3.33. The second kappa shape index (κ2) is 6.65. The molecule has 3 rings (SSSR count). The molecule has 0 spiro atoms. The Morgan fingerprint density at radius 3 is 2.52 bits per heavy atom. The molecule has 0 radical (unpaired) electrons. The van der Waals surface area contributed by atoms with Crippen molar-refractivity contribution in [2.24, 2.45) is 5.73 Å². The molecule has 2 fully saturated rings. The molecule has 1 heterocycles. The first kappa shape index (κ1) is 16.7. The van der Waals surface area contributed by atoms with Crippen LogP contribution in [0.3, 0.4) is 0 Å². The van der Waals surface area contributed by atoms with Gasteiger partial charge in [0.15, 0.2) is 0 Å². The van der Waals surface area contributed by atoms with Crippen LogP contribution >= 0.6 is 28.3 Å². The van der Waals surface area contributed by atoms with Crippen LogP contribution in [-0.2, 0) is 15.1 Å². The monoisotopic (exact) mass is 374 g/mol. The molecule has 116 valence electrons. The largest absolute Gasteiger partial charge is 0.364 e. The molecule has 0 bridgehead atoms. The molecule has 21 heavy (non-hydrogen) atoms. The Labute approximate surface area is 139 Å². The minimum absolute atomic E-state index is 0. The van der Waals surface area contributed by atoms with Gasteiger partial charge in [0.05, 0.1) is 11.6 Å². The van der Waals surface area contributed by atoms with E-state index in [0.29, 0.717) is 6.54 Å². The Kier molecular flexibility index (Phi) is 5.30. The third-order valence-electron chi connectivity index (χ3n) is 4.17. The molecule has 1 aliphatic heterocycles. The number of rotatable bonds is 4. The summed E-state index contributed by atoms with van der Waals surface area (Å²) in [5.74, 6) is 0.00127. The van der Waals surface area contributed by atoms with Crippen molar-refractivity contribution in [1.29, 1.82) is 0 Å². The fourth-order valence-electron chi connectivity index (χ4n) is 2.77. The van der Waals surface area contributed by atoms with Crippen LogP contribution < -0.4 is 11.1 Å². The van der Waals surface area contributed by atoms with Gasteiger partial charge < -0.3 is 15.8 Å². The minimum Gasteiger partial charge on any atom is -0.364 e. The third-order valence-corrected chi connectivity index (χ3v) is 4.70. The Morgan fingerprint density at radius 2 is 2.00 bits per heavy atom. The van der Waals surface area contributed by atoms with E-state index in [-0.39, 0.29) is 36.1 Å². The lowest BCUT2D eigenvalue weighted by Gasteiger charge is -2.21. The van der Waals surface area contributed by atoms with E-state index in [4.69, 9.17) is 10.5 Å². The molecular formula is C15H20BrClN2O2. The maximum absolute atomic E-state index is 12.3. The lowest BCUT2D eigenvalue weighted by molar-refractivity contribution is -0.132. The average molecular weight is 376 g/mol. The summed E-state index contributed by atoms with van der Waals surface area (Å²) < 4.78 is 6.71. The maximum Gasteiger partial charge on any atom is 0.249 e. The lowest BCUT2D eigenvalue weighted by atomic mass is 10.0. The van der Waals surface area contributed by atoms with E-state index in [1.807, 2.05) is 12.1 Å². The summed E-state index contributed by atoms with van der Waals surface area (Å²) in [7, 11) is 0. The average Bonchev–Trinajstić information content (AvgIpc) is 3.06. The summed E-state index contributed by atoms with van der Waals surface area (Å²) in [5, 5.41) is 3.17. The first-order valence-corrected chi connectivity index (χ1v) is 7.86. The highest BCUT2D eigenvalue weighted by molar-refractivity contribution is 9.10. The Hall–Kier alpha value is -0.620. The van der Waals surface area contributed by atoms with E-state index in [0.717, 1.165) is 30.2 Å². The fourth-order valence-corrected chi connectivity index (χ4v) is 3.03. The van der Waals surface area contributed by atoms with Gasteiger partial charge in [-0.3, -0.25) is 4.79 Å². The topological polar surface area (TPSA) is 64.4 Å². The standard InChI is InChI=1S/C15H19BrN2O2.ClH/c16-11-3-1-10(2-4-11)15(7-8-15)18-14(19)13-6-5-12(9-17)20-13;/h1-4,12-13H,5-9,17H2,(H,18,19);1H/t12-,13+;/m1./s1. The molecule has 1 aromatic rings. The predicted molar refractivity (Wildman–Crippen MR) is 87.4 cm³/mol. The summed E-state index contributed by atoms with van der Waals surface area (Å²) >= 11 is 3.43.